The number of rotatable bonds is 8. The molecule has 1 N–H and O–H groups in total. The zero-order valence-corrected chi connectivity index (χ0v) is 16.9. The summed E-state index contributed by atoms with van der Waals surface area (Å²) in [4.78, 5) is 23.5. The Kier molecular flexibility index (Phi) is 6.81. The Balaban J connectivity index is 2.26. The smallest absolute Gasteiger partial charge is 0.459 e. The number of nitrogens with one attached hydrogen (secondary N) is 1. The molecule has 27 heavy (non-hydrogen) atoms. The van der Waals surface area contributed by atoms with E-state index in [0.717, 1.165) is 10.9 Å². The lowest BCUT2D eigenvalue weighted by Gasteiger charge is -2.23. The van der Waals surface area contributed by atoms with E-state index in [4.69, 9.17) is 18.2 Å². The molecule has 0 radical (unpaired) electrons. The molecule has 1 aromatic heterocycles. The van der Waals surface area contributed by atoms with Crippen LogP contribution in [0.4, 0.5) is 0 Å². The largest absolute Gasteiger partial charge is 0.462 e. The quantitative estimate of drug-likeness (QED) is 0.410. The Labute approximate surface area is 157 Å². The van der Waals surface area contributed by atoms with E-state index >= 15 is 0 Å². The summed E-state index contributed by atoms with van der Waals surface area (Å²) in [7, 11) is -3.87. The van der Waals surface area contributed by atoms with Crippen LogP contribution in [-0.2, 0) is 18.6 Å². The molecule has 0 saturated heterocycles. The molecule has 1 heterocycles. The molecular weight excluding hydrogens is 373 g/mol. The highest BCUT2D eigenvalue weighted by molar-refractivity contribution is 7.52. The molecule has 0 bridgehead atoms. The third kappa shape index (κ3) is 5.66. The van der Waals surface area contributed by atoms with E-state index in [9.17, 15) is 14.2 Å². The number of hydrogen-bond donors (Lipinski definition) is 1. The Bertz CT molecular complexity index is 922. The second-order valence-corrected chi connectivity index (χ2v) is 7.94. The Morgan fingerprint density at radius 3 is 2.59 bits per heavy atom. The van der Waals surface area contributed by atoms with Crippen molar-refractivity contribution in [1.82, 2.24) is 5.09 Å². The van der Waals surface area contributed by atoms with Gasteiger partial charge in [-0.15, -0.1) is 0 Å². The summed E-state index contributed by atoms with van der Waals surface area (Å²) >= 11 is 0. The van der Waals surface area contributed by atoms with E-state index in [1.165, 1.54) is 19.1 Å². The molecule has 1 aromatic carbocycles. The van der Waals surface area contributed by atoms with Crippen LogP contribution in [0, 0.1) is 6.92 Å². The van der Waals surface area contributed by atoms with Gasteiger partial charge in [-0.1, -0.05) is 0 Å². The van der Waals surface area contributed by atoms with Gasteiger partial charge in [0, 0.05) is 17.5 Å². The van der Waals surface area contributed by atoms with Gasteiger partial charge in [0.05, 0.1) is 12.7 Å². The monoisotopic (exact) mass is 397 g/mol. The molecule has 9 heteroatoms. The number of fused-ring (bicyclic) bond motifs is 1. The molecule has 148 valence electrons. The molecule has 0 amide bonds. The number of carbonyl (C=O) groups is 1. The van der Waals surface area contributed by atoms with E-state index in [-0.39, 0.29) is 18.5 Å². The van der Waals surface area contributed by atoms with Crippen molar-refractivity contribution in [2.24, 2.45) is 0 Å². The van der Waals surface area contributed by atoms with E-state index in [0.29, 0.717) is 5.58 Å². The van der Waals surface area contributed by atoms with Crippen LogP contribution in [0.25, 0.3) is 11.0 Å². The predicted molar refractivity (Wildman–Crippen MR) is 101 cm³/mol. The highest BCUT2D eigenvalue weighted by atomic mass is 31.2. The van der Waals surface area contributed by atoms with Crippen molar-refractivity contribution < 1.29 is 27.6 Å². The first kappa shape index (κ1) is 21.2. The molecule has 8 nitrogen and oxygen atoms in total. The van der Waals surface area contributed by atoms with Crippen LogP contribution in [-0.4, -0.2) is 24.7 Å². The standard InChI is InChI=1S/C18H24NO7P/c1-6-23-27(22,19-13(5)18(21)24-11(2)3)26-14-7-8-15-12(4)9-17(20)25-16(15)10-14/h7-11,13H,6H2,1-5H3,(H,19,22)/t13-,27?/m0/s1. The number of aryl methyl sites for hydroxylation is 1. The summed E-state index contributed by atoms with van der Waals surface area (Å²) < 4.78 is 34.0. The van der Waals surface area contributed by atoms with Crippen LogP contribution < -0.4 is 15.2 Å². The fraction of sp³-hybridized carbons (Fsp3) is 0.444. The maximum absolute atomic E-state index is 13.0. The zero-order valence-electron chi connectivity index (χ0n) is 16.0. The molecule has 0 fully saturated rings. The molecule has 0 spiro atoms. The van der Waals surface area contributed by atoms with Gasteiger partial charge in [0.15, 0.2) is 0 Å². The van der Waals surface area contributed by atoms with Gasteiger partial charge in [-0.3, -0.25) is 9.32 Å². The van der Waals surface area contributed by atoms with Crippen LogP contribution in [0.15, 0.2) is 33.5 Å². The topological polar surface area (TPSA) is 104 Å². The average molecular weight is 397 g/mol. The summed E-state index contributed by atoms with van der Waals surface area (Å²) in [6.45, 7) is 8.47. The summed E-state index contributed by atoms with van der Waals surface area (Å²) in [6, 6.07) is 5.20. The van der Waals surface area contributed by atoms with Crippen LogP contribution >= 0.6 is 7.75 Å². The van der Waals surface area contributed by atoms with Gasteiger partial charge in [-0.05, 0) is 52.3 Å². The minimum absolute atomic E-state index is 0.0952. The van der Waals surface area contributed by atoms with E-state index in [1.54, 1.807) is 39.8 Å². The van der Waals surface area contributed by atoms with Crippen LogP contribution in [0.3, 0.4) is 0 Å². The van der Waals surface area contributed by atoms with Crippen molar-refractivity contribution >= 4 is 24.7 Å². The van der Waals surface area contributed by atoms with Crippen molar-refractivity contribution in [2.45, 2.75) is 46.8 Å². The van der Waals surface area contributed by atoms with E-state index < -0.39 is 25.4 Å². The number of carbonyl (C=O) groups excluding carboxylic acids is 1. The first-order chi connectivity index (χ1) is 12.6. The fourth-order valence-corrected chi connectivity index (χ4v) is 3.88. The third-order valence-corrected chi connectivity index (χ3v) is 5.26. The summed E-state index contributed by atoms with van der Waals surface area (Å²) in [6.07, 6.45) is -0.305. The summed E-state index contributed by atoms with van der Waals surface area (Å²) in [5.41, 5.74) is 0.560. The van der Waals surface area contributed by atoms with Crippen molar-refractivity contribution in [3.8, 4) is 5.75 Å². The number of benzene rings is 1. The van der Waals surface area contributed by atoms with Gasteiger partial charge in [-0.2, -0.15) is 5.09 Å². The number of esters is 1. The first-order valence-electron chi connectivity index (χ1n) is 8.60. The zero-order chi connectivity index (χ0) is 20.2. The molecule has 1 unspecified atom stereocenters. The molecular formula is C18H24NO7P. The van der Waals surface area contributed by atoms with Gasteiger partial charge < -0.3 is 13.7 Å². The fourth-order valence-electron chi connectivity index (χ4n) is 2.38. The van der Waals surface area contributed by atoms with Crippen molar-refractivity contribution in [2.75, 3.05) is 6.61 Å². The van der Waals surface area contributed by atoms with Crippen LogP contribution in [0.1, 0.15) is 33.3 Å². The molecule has 0 aliphatic rings. The summed E-state index contributed by atoms with van der Waals surface area (Å²) in [5, 5.41) is 3.29. The van der Waals surface area contributed by atoms with Crippen LogP contribution in [0.2, 0.25) is 0 Å². The van der Waals surface area contributed by atoms with Gasteiger partial charge in [-0.25, -0.2) is 9.36 Å². The Hall–Kier alpha value is -2.15. The Morgan fingerprint density at radius 1 is 1.26 bits per heavy atom. The maximum atomic E-state index is 13.0. The molecule has 0 aliphatic heterocycles. The normalized spacial score (nSPS) is 14.7. The van der Waals surface area contributed by atoms with Gasteiger partial charge in [0.2, 0.25) is 0 Å². The van der Waals surface area contributed by atoms with Gasteiger partial charge in [0.1, 0.15) is 17.4 Å². The number of ether oxygens (including phenoxy) is 1. The molecule has 0 saturated carbocycles. The molecule has 2 aromatic rings. The van der Waals surface area contributed by atoms with Gasteiger partial charge >= 0.3 is 19.3 Å². The minimum Gasteiger partial charge on any atom is -0.462 e. The third-order valence-electron chi connectivity index (χ3n) is 3.50. The van der Waals surface area contributed by atoms with Gasteiger partial charge in [0.25, 0.3) is 0 Å². The Morgan fingerprint density at radius 2 is 1.96 bits per heavy atom. The highest BCUT2D eigenvalue weighted by Gasteiger charge is 2.32. The average Bonchev–Trinajstić information content (AvgIpc) is 2.53. The summed E-state index contributed by atoms with van der Waals surface area (Å²) in [5.74, 6) is -0.404. The van der Waals surface area contributed by atoms with E-state index in [1.807, 2.05) is 0 Å². The molecule has 2 atom stereocenters. The van der Waals surface area contributed by atoms with E-state index in [2.05, 4.69) is 5.09 Å². The first-order valence-corrected chi connectivity index (χ1v) is 10.1. The second kappa shape index (κ2) is 8.69. The lowest BCUT2D eigenvalue weighted by Crippen LogP contribution is -2.36. The SMILES string of the molecule is CCOP(=O)(N[C@@H](C)C(=O)OC(C)C)Oc1ccc2c(C)cc(=O)oc2c1. The lowest BCUT2D eigenvalue weighted by atomic mass is 10.1. The molecule has 0 aliphatic carbocycles. The predicted octanol–water partition coefficient (Wildman–Crippen LogP) is 3.55. The minimum atomic E-state index is -3.87. The van der Waals surface area contributed by atoms with Crippen molar-refractivity contribution in [3.05, 3.63) is 40.2 Å². The number of hydrogen-bond acceptors (Lipinski definition) is 7. The van der Waals surface area contributed by atoms with Crippen molar-refractivity contribution in [1.29, 1.82) is 0 Å². The second-order valence-electron chi connectivity index (χ2n) is 6.25. The maximum Gasteiger partial charge on any atom is 0.459 e. The van der Waals surface area contributed by atoms with Crippen LogP contribution in [0.5, 0.6) is 5.75 Å². The molecule has 2 rings (SSSR count). The lowest BCUT2D eigenvalue weighted by molar-refractivity contribution is -0.149. The highest BCUT2D eigenvalue weighted by Crippen LogP contribution is 2.45. The van der Waals surface area contributed by atoms with Crippen molar-refractivity contribution in [3.63, 3.8) is 0 Å².